The van der Waals surface area contributed by atoms with Gasteiger partial charge in [0.2, 0.25) is 21.8 Å². The molecular weight excluding hydrogens is 485 g/mol. The van der Waals surface area contributed by atoms with Crippen LogP contribution in [0.4, 0.5) is 5.69 Å². The van der Waals surface area contributed by atoms with Gasteiger partial charge in [-0.05, 0) is 49.6 Å². The Morgan fingerprint density at radius 3 is 2.27 bits per heavy atom. The summed E-state index contributed by atoms with van der Waals surface area (Å²) < 4.78 is 26.1. The molecule has 0 aliphatic carbocycles. The van der Waals surface area contributed by atoms with E-state index in [2.05, 4.69) is 5.32 Å². The highest BCUT2D eigenvalue weighted by Crippen LogP contribution is 2.28. The fourth-order valence-electron chi connectivity index (χ4n) is 3.44. The molecule has 0 saturated carbocycles. The van der Waals surface area contributed by atoms with E-state index in [4.69, 9.17) is 23.2 Å². The third kappa shape index (κ3) is 7.09. The summed E-state index contributed by atoms with van der Waals surface area (Å²) in [6.45, 7) is 5.63. The number of likely N-dealkylation sites (N-methyl/N-ethyl adjacent to an activating group) is 1. The molecule has 7 nitrogen and oxygen atoms in total. The Bertz CT molecular complexity index is 1110. The number of hydrogen-bond acceptors (Lipinski definition) is 4. The van der Waals surface area contributed by atoms with E-state index in [-0.39, 0.29) is 28.2 Å². The van der Waals surface area contributed by atoms with Gasteiger partial charge in [-0.2, -0.15) is 0 Å². The molecule has 0 saturated heterocycles. The van der Waals surface area contributed by atoms with Crippen LogP contribution in [0.2, 0.25) is 10.0 Å². The molecule has 2 rings (SSSR count). The van der Waals surface area contributed by atoms with Crippen LogP contribution in [0.1, 0.15) is 31.4 Å². The molecule has 0 bridgehead atoms. The van der Waals surface area contributed by atoms with Crippen LogP contribution in [-0.4, -0.2) is 50.5 Å². The number of aryl methyl sites for hydroxylation is 1. The topological polar surface area (TPSA) is 86.8 Å². The number of benzene rings is 2. The first kappa shape index (κ1) is 27.0. The van der Waals surface area contributed by atoms with Gasteiger partial charge in [-0.25, -0.2) is 8.42 Å². The van der Waals surface area contributed by atoms with E-state index in [1.54, 1.807) is 6.92 Å². The van der Waals surface area contributed by atoms with Crippen LogP contribution in [0.25, 0.3) is 0 Å². The first-order valence-electron chi connectivity index (χ1n) is 10.5. The summed E-state index contributed by atoms with van der Waals surface area (Å²) in [7, 11) is -3.84. The van der Waals surface area contributed by atoms with Crippen molar-refractivity contribution in [2.24, 2.45) is 0 Å². The number of anilines is 1. The molecule has 2 aromatic rings. The van der Waals surface area contributed by atoms with Crippen molar-refractivity contribution >= 4 is 50.7 Å². The SMILES string of the molecule is CCNC(=O)[C@H](CC)N(Cc1ccccc1C)C(=O)CN(c1ccc(Cl)c(Cl)c1)S(C)(=O)=O. The molecule has 0 aromatic heterocycles. The second-order valence-electron chi connectivity index (χ2n) is 7.63. The third-order valence-corrected chi connectivity index (χ3v) is 7.09. The number of nitrogens with one attached hydrogen (secondary N) is 1. The summed E-state index contributed by atoms with van der Waals surface area (Å²) in [6, 6.07) is 11.1. The highest BCUT2D eigenvalue weighted by atomic mass is 35.5. The standard InChI is InChI=1S/C23H29Cl2N3O4S/c1-5-21(23(30)26-6-2)27(14-17-10-8-7-9-16(17)3)22(29)15-28(33(4,31)32)18-11-12-19(24)20(25)13-18/h7-13,21H,5-6,14-15H2,1-4H3,(H,26,30)/t21-/m0/s1. The van der Waals surface area contributed by atoms with Crippen molar-refractivity contribution in [3.05, 3.63) is 63.6 Å². The quantitative estimate of drug-likeness (QED) is 0.519. The average Bonchev–Trinajstić information content (AvgIpc) is 2.74. The second-order valence-corrected chi connectivity index (χ2v) is 10.4. The van der Waals surface area contributed by atoms with Gasteiger partial charge in [-0.3, -0.25) is 13.9 Å². The van der Waals surface area contributed by atoms with Gasteiger partial charge >= 0.3 is 0 Å². The lowest BCUT2D eigenvalue weighted by Crippen LogP contribution is -2.52. The minimum atomic E-state index is -3.84. The maximum absolute atomic E-state index is 13.5. The zero-order valence-electron chi connectivity index (χ0n) is 19.1. The van der Waals surface area contributed by atoms with Crippen LogP contribution >= 0.6 is 23.2 Å². The Balaban J connectivity index is 2.47. The summed E-state index contributed by atoms with van der Waals surface area (Å²) in [5, 5.41) is 3.20. The minimum Gasteiger partial charge on any atom is -0.355 e. The van der Waals surface area contributed by atoms with Crippen molar-refractivity contribution in [2.75, 3.05) is 23.7 Å². The Hall–Kier alpha value is -2.29. The summed E-state index contributed by atoms with van der Waals surface area (Å²) in [5.74, 6) is -0.796. The summed E-state index contributed by atoms with van der Waals surface area (Å²) in [6.07, 6.45) is 1.38. The van der Waals surface area contributed by atoms with Gasteiger partial charge in [0, 0.05) is 13.1 Å². The van der Waals surface area contributed by atoms with E-state index in [1.165, 1.54) is 23.1 Å². The molecule has 1 N–H and O–H groups in total. The second kappa shape index (κ2) is 11.7. The predicted octanol–water partition coefficient (Wildman–Crippen LogP) is 4.01. The minimum absolute atomic E-state index is 0.167. The number of hydrogen-bond donors (Lipinski definition) is 1. The average molecular weight is 514 g/mol. The van der Waals surface area contributed by atoms with Crippen molar-refractivity contribution in [1.82, 2.24) is 10.2 Å². The number of carbonyl (C=O) groups excluding carboxylic acids is 2. The molecule has 0 aliphatic rings. The zero-order valence-corrected chi connectivity index (χ0v) is 21.5. The van der Waals surface area contributed by atoms with Gasteiger partial charge in [0.05, 0.1) is 22.0 Å². The van der Waals surface area contributed by atoms with Gasteiger partial charge in [-0.15, -0.1) is 0 Å². The lowest BCUT2D eigenvalue weighted by molar-refractivity contribution is -0.140. The number of halogens is 2. The van der Waals surface area contributed by atoms with Crippen molar-refractivity contribution in [3.63, 3.8) is 0 Å². The smallest absolute Gasteiger partial charge is 0.244 e. The van der Waals surface area contributed by atoms with Crippen molar-refractivity contribution in [1.29, 1.82) is 0 Å². The van der Waals surface area contributed by atoms with E-state index in [9.17, 15) is 18.0 Å². The lowest BCUT2D eigenvalue weighted by Gasteiger charge is -2.33. The molecule has 10 heteroatoms. The first-order valence-corrected chi connectivity index (χ1v) is 13.1. The van der Waals surface area contributed by atoms with E-state index in [0.717, 1.165) is 21.7 Å². The van der Waals surface area contributed by atoms with Crippen LogP contribution in [0, 0.1) is 6.92 Å². The van der Waals surface area contributed by atoms with Gasteiger partial charge in [0.25, 0.3) is 0 Å². The Kier molecular flexibility index (Phi) is 9.57. The van der Waals surface area contributed by atoms with Crippen LogP contribution < -0.4 is 9.62 Å². The molecule has 0 aliphatic heterocycles. The Labute approximate surface area is 205 Å². The fraction of sp³-hybridized carbons (Fsp3) is 0.391. The van der Waals surface area contributed by atoms with Crippen LogP contribution in [0.15, 0.2) is 42.5 Å². The summed E-state index contributed by atoms with van der Waals surface area (Å²) in [5.41, 5.74) is 2.04. The van der Waals surface area contributed by atoms with E-state index >= 15 is 0 Å². The van der Waals surface area contributed by atoms with Crippen molar-refractivity contribution in [3.8, 4) is 0 Å². The number of nitrogens with zero attached hydrogens (tertiary/aromatic N) is 2. The highest BCUT2D eigenvalue weighted by Gasteiger charge is 2.31. The molecule has 1 atom stereocenters. The van der Waals surface area contributed by atoms with Crippen molar-refractivity contribution in [2.45, 2.75) is 39.8 Å². The molecule has 33 heavy (non-hydrogen) atoms. The number of carbonyl (C=O) groups is 2. The molecular formula is C23H29Cl2N3O4S. The predicted molar refractivity (Wildman–Crippen MR) is 133 cm³/mol. The third-order valence-electron chi connectivity index (χ3n) is 5.21. The van der Waals surface area contributed by atoms with Crippen LogP contribution in [0.3, 0.4) is 0 Å². The fourth-order valence-corrected chi connectivity index (χ4v) is 4.57. The molecule has 2 aromatic carbocycles. The molecule has 180 valence electrons. The summed E-state index contributed by atoms with van der Waals surface area (Å²) in [4.78, 5) is 27.7. The monoisotopic (exact) mass is 513 g/mol. The number of amides is 2. The maximum Gasteiger partial charge on any atom is 0.244 e. The van der Waals surface area contributed by atoms with Gasteiger partial charge in [-0.1, -0.05) is 54.4 Å². The molecule has 2 amide bonds. The molecule has 0 fully saturated rings. The van der Waals surface area contributed by atoms with E-state index in [0.29, 0.717) is 13.0 Å². The molecule has 0 unspecified atom stereocenters. The van der Waals surface area contributed by atoms with Gasteiger partial charge < -0.3 is 10.2 Å². The highest BCUT2D eigenvalue weighted by molar-refractivity contribution is 7.92. The largest absolute Gasteiger partial charge is 0.355 e. The van der Waals surface area contributed by atoms with E-state index in [1.807, 2.05) is 38.1 Å². The van der Waals surface area contributed by atoms with Gasteiger partial charge in [0.15, 0.2) is 0 Å². The van der Waals surface area contributed by atoms with E-state index < -0.39 is 28.5 Å². The number of rotatable bonds is 10. The van der Waals surface area contributed by atoms with Crippen LogP contribution in [0.5, 0.6) is 0 Å². The Morgan fingerprint density at radius 1 is 1.06 bits per heavy atom. The van der Waals surface area contributed by atoms with Gasteiger partial charge in [0.1, 0.15) is 12.6 Å². The zero-order chi connectivity index (χ0) is 24.8. The van der Waals surface area contributed by atoms with Crippen molar-refractivity contribution < 1.29 is 18.0 Å². The molecule has 0 radical (unpaired) electrons. The maximum atomic E-state index is 13.5. The molecule has 0 heterocycles. The number of sulfonamides is 1. The normalized spacial score (nSPS) is 12.2. The molecule has 0 spiro atoms. The first-order chi connectivity index (χ1) is 15.5. The lowest BCUT2D eigenvalue weighted by atomic mass is 10.1. The Morgan fingerprint density at radius 2 is 1.73 bits per heavy atom. The van der Waals surface area contributed by atoms with Crippen LogP contribution in [-0.2, 0) is 26.2 Å². The summed E-state index contributed by atoms with van der Waals surface area (Å²) >= 11 is 12.0.